The molecule has 1 aromatic rings. The van der Waals surface area contributed by atoms with Crippen molar-refractivity contribution >= 4 is 22.0 Å². The molecule has 1 rings (SSSR count). The first-order chi connectivity index (χ1) is 8.88. The van der Waals surface area contributed by atoms with Crippen LogP contribution in [0.2, 0.25) is 0 Å². The molecule has 19 heavy (non-hydrogen) atoms. The van der Waals surface area contributed by atoms with Gasteiger partial charge in [0.1, 0.15) is 5.60 Å². The normalized spacial score (nSPS) is 11.2. The topological polar surface area (TPSA) is 47.6 Å². The van der Waals surface area contributed by atoms with Crippen LogP contribution >= 0.6 is 15.9 Å². The SMILES string of the molecule is CC(C)(C)OC(=O)NCCOCc1ccccc1Br. The van der Waals surface area contributed by atoms with Crippen LogP contribution in [0.5, 0.6) is 0 Å². The summed E-state index contributed by atoms with van der Waals surface area (Å²) in [7, 11) is 0. The van der Waals surface area contributed by atoms with Gasteiger partial charge in [0.25, 0.3) is 0 Å². The van der Waals surface area contributed by atoms with E-state index in [1.165, 1.54) is 0 Å². The molecule has 0 fully saturated rings. The lowest BCUT2D eigenvalue weighted by Crippen LogP contribution is -2.34. The van der Waals surface area contributed by atoms with Crippen LogP contribution in [0.1, 0.15) is 26.3 Å². The standard InChI is InChI=1S/C14H20BrNO3/c1-14(2,3)19-13(17)16-8-9-18-10-11-6-4-5-7-12(11)15/h4-7H,8-10H2,1-3H3,(H,16,17). The molecule has 0 bridgehead atoms. The molecule has 0 heterocycles. The maximum atomic E-state index is 11.3. The molecular formula is C14H20BrNO3. The Kier molecular flexibility index (Phi) is 6.31. The summed E-state index contributed by atoms with van der Waals surface area (Å²) in [5, 5.41) is 2.64. The largest absolute Gasteiger partial charge is 0.444 e. The number of carbonyl (C=O) groups is 1. The Hall–Kier alpha value is -1.07. The average Bonchev–Trinajstić information content (AvgIpc) is 2.28. The van der Waals surface area contributed by atoms with E-state index in [0.29, 0.717) is 19.8 Å². The number of ether oxygens (including phenoxy) is 2. The van der Waals surface area contributed by atoms with Crippen LogP contribution in [-0.2, 0) is 16.1 Å². The molecule has 0 aliphatic heterocycles. The summed E-state index contributed by atoms with van der Waals surface area (Å²) in [6.07, 6.45) is -0.419. The van der Waals surface area contributed by atoms with Gasteiger partial charge >= 0.3 is 6.09 Å². The highest BCUT2D eigenvalue weighted by atomic mass is 79.9. The van der Waals surface area contributed by atoms with Gasteiger partial charge in [0.2, 0.25) is 0 Å². The lowest BCUT2D eigenvalue weighted by atomic mass is 10.2. The molecule has 1 amide bonds. The quantitative estimate of drug-likeness (QED) is 0.841. The Labute approximate surface area is 122 Å². The Bertz CT molecular complexity index is 415. The number of alkyl carbamates (subject to hydrolysis) is 1. The molecule has 0 saturated heterocycles. The third kappa shape index (κ3) is 7.18. The van der Waals surface area contributed by atoms with Crippen LogP contribution in [0.4, 0.5) is 4.79 Å². The fourth-order valence-electron chi connectivity index (χ4n) is 1.34. The molecular weight excluding hydrogens is 310 g/mol. The van der Waals surface area contributed by atoms with Crippen molar-refractivity contribution in [2.45, 2.75) is 33.0 Å². The van der Waals surface area contributed by atoms with E-state index in [1.807, 2.05) is 45.0 Å². The number of carbonyl (C=O) groups excluding carboxylic acids is 1. The fraction of sp³-hybridized carbons (Fsp3) is 0.500. The van der Waals surface area contributed by atoms with E-state index in [9.17, 15) is 4.79 Å². The van der Waals surface area contributed by atoms with Crippen LogP contribution in [0.25, 0.3) is 0 Å². The zero-order valence-corrected chi connectivity index (χ0v) is 13.1. The predicted molar refractivity (Wildman–Crippen MR) is 78.0 cm³/mol. The third-order valence-electron chi connectivity index (χ3n) is 2.13. The van der Waals surface area contributed by atoms with Gasteiger partial charge in [0.05, 0.1) is 13.2 Å². The molecule has 0 unspecified atom stereocenters. The van der Waals surface area contributed by atoms with Crippen molar-refractivity contribution in [2.24, 2.45) is 0 Å². The van der Waals surface area contributed by atoms with Crippen molar-refractivity contribution in [3.8, 4) is 0 Å². The zero-order chi connectivity index (χ0) is 14.3. The summed E-state index contributed by atoms with van der Waals surface area (Å²) in [6.45, 7) is 6.87. The van der Waals surface area contributed by atoms with E-state index in [1.54, 1.807) is 0 Å². The van der Waals surface area contributed by atoms with Gasteiger partial charge in [0, 0.05) is 11.0 Å². The molecule has 0 aromatic heterocycles. The second-order valence-corrected chi connectivity index (χ2v) is 5.93. The van der Waals surface area contributed by atoms with Crippen LogP contribution in [0.15, 0.2) is 28.7 Å². The molecule has 1 N–H and O–H groups in total. The number of amides is 1. The van der Waals surface area contributed by atoms with Gasteiger partial charge in [-0.25, -0.2) is 4.79 Å². The molecule has 1 aromatic carbocycles. The predicted octanol–water partition coefficient (Wildman–Crippen LogP) is 3.49. The highest BCUT2D eigenvalue weighted by Gasteiger charge is 2.15. The minimum atomic E-state index is -0.472. The van der Waals surface area contributed by atoms with Gasteiger partial charge in [-0.15, -0.1) is 0 Å². The second kappa shape index (κ2) is 7.50. The minimum Gasteiger partial charge on any atom is -0.444 e. The van der Waals surface area contributed by atoms with Crippen LogP contribution in [0, 0.1) is 0 Å². The minimum absolute atomic E-state index is 0.419. The van der Waals surface area contributed by atoms with Crippen molar-refractivity contribution in [1.29, 1.82) is 0 Å². The summed E-state index contributed by atoms with van der Waals surface area (Å²) in [5.41, 5.74) is 0.611. The van der Waals surface area contributed by atoms with Gasteiger partial charge in [-0.3, -0.25) is 0 Å². The van der Waals surface area contributed by atoms with E-state index < -0.39 is 11.7 Å². The van der Waals surface area contributed by atoms with Gasteiger partial charge in [-0.2, -0.15) is 0 Å². The van der Waals surface area contributed by atoms with E-state index in [4.69, 9.17) is 9.47 Å². The summed E-state index contributed by atoms with van der Waals surface area (Å²) in [6, 6.07) is 7.88. The van der Waals surface area contributed by atoms with E-state index in [0.717, 1.165) is 10.0 Å². The second-order valence-electron chi connectivity index (χ2n) is 5.07. The lowest BCUT2D eigenvalue weighted by molar-refractivity contribution is 0.0493. The first-order valence-electron chi connectivity index (χ1n) is 6.16. The van der Waals surface area contributed by atoms with E-state index in [-0.39, 0.29) is 0 Å². The fourth-order valence-corrected chi connectivity index (χ4v) is 1.74. The maximum absolute atomic E-state index is 11.3. The maximum Gasteiger partial charge on any atom is 0.407 e. The summed E-state index contributed by atoms with van der Waals surface area (Å²) >= 11 is 3.45. The van der Waals surface area contributed by atoms with E-state index >= 15 is 0 Å². The summed E-state index contributed by atoms with van der Waals surface area (Å²) in [5.74, 6) is 0. The zero-order valence-electron chi connectivity index (χ0n) is 11.5. The van der Waals surface area contributed by atoms with Gasteiger partial charge in [-0.05, 0) is 32.4 Å². The molecule has 0 saturated carbocycles. The first kappa shape index (κ1) is 16.0. The average molecular weight is 330 g/mol. The highest BCUT2D eigenvalue weighted by Crippen LogP contribution is 2.16. The molecule has 0 aliphatic carbocycles. The monoisotopic (exact) mass is 329 g/mol. The van der Waals surface area contributed by atoms with Crippen molar-refractivity contribution in [1.82, 2.24) is 5.32 Å². The Balaban J connectivity index is 2.15. The number of benzene rings is 1. The van der Waals surface area contributed by atoms with Gasteiger partial charge < -0.3 is 14.8 Å². The van der Waals surface area contributed by atoms with Crippen molar-refractivity contribution in [3.63, 3.8) is 0 Å². The van der Waals surface area contributed by atoms with Crippen molar-refractivity contribution in [3.05, 3.63) is 34.3 Å². The van der Waals surface area contributed by atoms with Crippen molar-refractivity contribution in [2.75, 3.05) is 13.2 Å². The van der Waals surface area contributed by atoms with Crippen molar-refractivity contribution < 1.29 is 14.3 Å². The summed E-state index contributed by atoms with van der Waals surface area (Å²) in [4.78, 5) is 11.3. The molecule has 0 aliphatic rings. The van der Waals surface area contributed by atoms with Crippen LogP contribution in [-0.4, -0.2) is 24.8 Å². The molecule has 0 spiro atoms. The van der Waals surface area contributed by atoms with E-state index in [2.05, 4.69) is 21.2 Å². The van der Waals surface area contributed by atoms with Gasteiger partial charge in [-0.1, -0.05) is 34.1 Å². The van der Waals surface area contributed by atoms with Crippen LogP contribution in [0.3, 0.4) is 0 Å². The first-order valence-corrected chi connectivity index (χ1v) is 6.96. The third-order valence-corrected chi connectivity index (χ3v) is 2.90. The Morgan fingerprint density at radius 1 is 1.32 bits per heavy atom. The Morgan fingerprint density at radius 3 is 2.63 bits per heavy atom. The molecule has 0 atom stereocenters. The number of halogens is 1. The molecule has 0 radical (unpaired) electrons. The number of hydrogen-bond acceptors (Lipinski definition) is 3. The smallest absolute Gasteiger partial charge is 0.407 e. The number of hydrogen-bond donors (Lipinski definition) is 1. The Morgan fingerprint density at radius 2 is 2.00 bits per heavy atom. The number of nitrogens with one attached hydrogen (secondary N) is 1. The highest BCUT2D eigenvalue weighted by molar-refractivity contribution is 9.10. The lowest BCUT2D eigenvalue weighted by Gasteiger charge is -2.19. The van der Waals surface area contributed by atoms with Crippen LogP contribution < -0.4 is 5.32 Å². The number of rotatable bonds is 5. The molecule has 106 valence electrons. The summed E-state index contributed by atoms with van der Waals surface area (Å²) < 4.78 is 11.6. The molecule has 4 nitrogen and oxygen atoms in total. The van der Waals surface area contributed by atoms with Gasteiger partial charge in [0.15, 0.2) is 0 Å². The molecule has 5 heteroatoms.